The second-order valence-corrected chi connectivity index (χ2v) is 2.77. The molecule has 2 N–H and O–H groups in total. The Morgan fingerprint density at radius 3 is 2.86 bits per heavy atom. The van der Waals surface area contributed by atoms with Gasteiger partial charge in [-0.3, -0.25) is 14.6 Å². The van der Waals surface area contributed by atoms with Crippen molar-refractivity contribution in [2.24, 2.45) is 0 Å². The predicted octanol–water partition coefficient (Wildman–Crippen LogP) is 0.204. The third kappa shape index (κ3) is 2.55. The number of aromatic nitrogens is 1. The molecule has 0 radical (unpaired) electrons. The number of carboxylic acids is 1. The van der Waals surface area contributed by atoms with Crippen LogP contribution in [0.1, 0.15) is 15.9 Å². The fourth-order valence-corrected chi connectivity index (χ4v) is 0.953. The molecule has 5 heteroatoms. The van der Waals surface area contributed by atoms with Gasteiger partial charge in [-0.2, -0.15) is 0 Å². The molecule has 0 fully saturated rings. The Bertz CT molecular complexity index is 363. The van der Waals surface area contributed by atoms with Crippen molar-refractivity contribution in [1.29, 1.82) is 0 Å². The maximum atomic E-state index is 11.4. The zero-order chi connectivity index (χ0) is 10.6. The van der Waals surface area contributed by atoms with Crippen LogP contribution >= 0.6 is 0 Å². The molecule has 0 spiro atoms. The molecule has 5 nitrogen and oxygen atoms in total. The highest BCUT2D eigenvalue weighted by molar-refractivity contribution is 5.96. The van der Waals surface area contributed by atoms with Gasteiger partial charge in [-0.25, -0.2) is 0 Å². The molecule has 14 heavy (non-hydrogen) atoms. The number of rotatable bonds is 3. The summed E-state index contributed by atoms with van der Waals surface area (Å²) < 4.78 is 0. The van der Waals surface area contributed by atoms with Crippen LogP contribution in [0, 0.1) is 6.92 Å². The Morgan fingerprint density at radius 2 is 2.29 bits per heavy atom. The van der Waals surface area contributed by atoms with Crippen LogP contribution in [0.25, 0.3) is 0 Å². The molecular formula is C9H10N2O3. The molecule has 0 aliphatic heterocycles. The lowest BCUT2D eigenvalue weighted by Crippen LogP contribution is -2.29. The standard InChI is InChI=1S/C9H10N2O3/c1-6-2-3-10-4-7(6)9(14)11-5-8(12)13/h2-4H,5H2,1H3,(H,11,14)(H,12,13). The van der Waals surface area contributed by atoms with Crippen LogP contribution in [0.15, 0.2) is 18.5 Å². The number of pyridine rings is 1. The van der Waals surface area contributed by atoms with Crippen molar-refractivity contribution in [2.75, 3.05) is 6.54 Å². The van der Waals surface area contributed by atoms with Crippen LogP contribution in [0.2, 0.25) is 0 Å². The second kappa shape index (κ2) is 4.36. The molecule has 1 heterocycles. The normalized spacial score (nSPS) is 9.50. The lowest BCUT2D eigenvalue weighted by atomic mass is 10.1. The average Bonchev–Trinajstić information content (AvgIpc) is 2.15. The van der Waals surface area contributed by atoms with E-state index < -0.39 is 11.9 Å². The Labute approximate surface area is 80.8 Å². The van der Waals surface area contributed by atoms with Crippen molar-refractivity contribution in [3.05, 3.63) is 29.6 Å². The maximum Gasteiger partial charge on any atom is 0.322 e. The van der Waals surface area contributed by atoms with E-state index in [0.29, 0.717) is 5.56 Å². The topological polar surface area (TPSA) is 79.3 Å². The van der Waals surface area contributed by atoms with Gasteiger partial charge < -0.3 is 10.4 Å². The summed E-state index contributed by atoms with van der Waals surface area (Å²) in [5.74, 6) is -1.49. The minimum atomic E-state index is -1.07. The summed E-state index contributed by atoms with van der Waals surface area (Å²) in [5, 5.41) is 10.6. The second-order valence-electron chi connectivity index (χ2n) is 2.77. The maximum absolute atomic E-state index is 11.4. The van der Waals surface area contributed by atoms with Crippen LogP contribution in [-0.4, -0.2) is 28.5 Å². The van der Waals surface area contributed by atoms with E-state index in [2.05, 4.69) is 10.3 Å². The summed E-state index contributed by atoms with van der Waals surface area (Å²) in [7, 11) is 0. The first-order valence-electron chi connectivity index (χ1n) is 4.02. The van der Waals surface area contributed by atoms with Gasteiger partial charge in [0.15, 0.2) is 0 Å². The molecule has 1 amide bonds. The number of hydrogen-bond acceptors (Lipinski definition) is 3. The smallest absolute Gasteiger partial charge is 0.322 e. The first-order chi connectivity index (χ1) is 6.61. The fraction of sp³-hybridized carbons (Fsp3) is 0.222. The quantitative estimate of drug-likeness (QED) is 0.720. The van der Waals surface area contributed by atoms with E-state index in [4.69, 9.17) is 5.11 Å². The molecule has 0 saturated carbocycles. The monoisotopic (exact) mass is 194 g/mol. The average molecular weight is 194 g/mol. The Kier molecular flexibility index (Phi) is 3.17. The van der Waals surface area contributed by atoms with E-state index in [1.807, 2.05) is 0 Å². The van der Waals surface area contributed by atoms with Crippen LogP contribution in [0.5, 0.6) is 0 Å². The molecule has 1 aromatic heterocycles. The Morgan fingerprint density at radius 1 is 1.57 bits per heavy atom. The van der Waals surface area contributed by atoms with Crippen LogP contribution in [0.3, 0.4) is 0 Å². The summed E-state index contributed by atoms with van der Waals surface area (Å²) >= 11 is 0. The number of carbonyl (C=O) groups is 2. The van der Waals surface area contributed by atoms with Gasteiger partial charge in [-0.05, 0) is 18.6 Å². The van der Waals surface area contributed by atoms with E-state index in [1.54, 1.807) is 19.2 Å². The molecule has 0 bridgehead atoms. The third-order valence-electron chi connectivity index (χ3n) is 1.68. The number of aryl methyl sites for hydroxylation is 1. The lowest BCUT2D eigenvalue weighted by molar-refractivity contribution is -0.135. The van der Waals surface area contributed by atoms with Crippen LogP contribution in [-0.2, 0) is 4.79 Å². The number of carboxylic acid groups (broad SMARTS) is 1. The van der Waals surface area contributed by atoms with Gasteiger partial charge in [0.05, 0.1) is 5.56 Å². The van der Waals surface area contributed by atoms with E-state index in [0.717, 1.165) is 5.56 Å². The van der Waals surface area contributed by atoms with Crippen LogP contribution < -0.4 is 5.32 Å². The number of amides is 1. The minimum absolute atomic E-state index is 0.382. The van der Waals surface area contributed by atoms with Crippen LogP contribution in [0.4, 0.5) is 0 Å². The Balaban J connectivity index is 2.70. The molecule has 0 saturated heterocycles. The number of nitrogens with one attached hydrogen (secondary N) is 1. The molecular weight excluding hydrogens is 184 g/mol. The largest absolute Gasteiger partial charge is 0.480 e. The van der Waals surface area contributed by atoms with E-state index in [9.17, 15) is 9.59 Å². The first kappa shape index (κ1) is 10.2. The lowest BCUT2D eigenvalue weighted by Gasteiger charge is -2.03. The summed E-state index contributed by atoms with van der Waals surface area (Å²) in [6.45, 7) is 1.38. The summed E-state index contributed by atoms with van der Waals surface area (Å²) in [6.07, 6.45) is 2.98. The highest BCUT2D eigenvalue weighted by Crippen LogP contribution is 2.03. The number of aliphatic carboxylic acids is 1. The first-order valence-corrected chi connectivity index (χ1v) is 4.02. The van der Waals surface area contributed by atoms with Gasteiger partial charge >= 0.3 is 5.97 Å². The fourth-order valence-electron chi connectivity index (χ4n) is 0.953. The summed E-state index contributed by atoms with van der Waals surface area (Å²) in [5.41, 5.74) is 1.16. The van der Waals surface area contributed by atoms with Gasteiger partial charge in [0.1, 0.15) is 6.54 Å². The van der Waals surface area contributed by atoms with Crippen molar-refractivity contribution < 1.29 is 14.7 Å². The predicted molar refractivity (Wildman–Crippen MR) is 48.9 cm³/mol. The van der Waals surface area contributed by atoms with Gasteiger partial charge in [0.2, 0.25) is 0 Å². The van der Waals surface area contributed by atoms with Gasteiger partial charge in [0.25, 0.3) is 5.91 Å². The van der Waals surface area contributed by atoms with Crippen molar-refractivity contribution in [1.82, 2.24) is 10.3 Å². The highest BCUT2D eigenvalue weighted by atomic mass is 16.4. The van der Waals surface area contributed by atoms with Crippen molar-refractivity contribution in [2.45, 2.75) is 6.92 Å². The molecule has 0 atom stereocenters. The molecule has 0 aliphatic carbocycles. The zero-order valence-corrected chi connectivity index (χ0v) is 7.65. The van der Waals surface area contributed by atoms with E-state index in [-0.39, 0.29) is 6.54 Å². The number of carbonyl (C=O) groups excluding carboxylic acids is 1. The van der Waals surface area contributed by atoms with Gasteiger partial charge in [-0.1, -0.05) is 0 Å². The van der Waals surface area contributed by atoms with Gasteiger partial charge in [0, 0.05) is 12.4 Å². The minimum Gasteiger partial charge on any atom is -0.480 e. The molecule has 0 aromatic carbocycles. The number of hydrogen-bond donors (Lipinski definition) is 2. The van der Waals surface area contributed by atoms with Gasteiger partial charge in [-0.15, -0.1) is 0 Å². The molecule has 0 aliphatic rings. The van der Waals surface area contributed by atoms with E-state index >= 15 is 0 Å². The molecule has 1 rings (SSSR count). The highest BCUT2D eigenvalue weighted by Gasteiger charge is 2.09. The van der Waals surface area contributed by atoms with E-state index in [1.165, 1.54) is 6.20 Å². The SMILES string of the molecule is Cc1ccncc1C(=O)NCC(=O)O. The van der Waals surface area contributed by atoms with Crippen molar-refractivity contribution in [3.8, 4) is 0 Å². The molecule has 0 unspecified atom stereocenters. The summed E-state index contributed by atoms with van der Waals surface area (Å²) in [4.78, 5) is 25.3. The van der Waals surface area contributed by atoms with Crippen molar-refractivity contribution in [3.63, 3.8) is 0 Å². The number of nitrogens with zero attached hydrogens (tertiary/aromatic N) is 1. The zero-order valence-electron chi connectivity index (χ0n) is 7.65. The summed E-state index contributed by atoms with van der Waals surface area (Å²) in [6, 6.07) is 1.69. The molecule has 74 valence electrons. The third-order valence-corrected chi connectivity index (χ3v) is 1.68. The molecule has 1 aromatic rings. The Hall–Kier alpha value is -1.91. The van der Waals surface area contributed by atoms with Crippen molar-refractivity contribution >= 4 is 11.9 Å².